The fourth-order valence-electron chi connectivity index (χ4n) is 2.70. The molecule has 0 aromatic heterocycles. The molecule has 0 amide bonds. The second-order valence-corrected chi connectivity index (χ2v) is 6.63. The Labute approximate surface area is 185 Å². The Hall–Kier alpha value is -3.97. The minimum atomic E-state index is -1.25. The molecule has 13 heteroatoms. The zero-order chi connectivity index (χ0) is 24.5. The summed E-state index contributed by atoms with van der Waals surface area (Å²) in [5.41, 5.74) is -0.00632. The standard InChI is InChI=1S/C13H14FNO6.C7H5NO4/c1-19-13-11(14)6-10(21-13)7-20-12(16)8-2-4-9(5-3-8)15(17)18;9-7(10)5-1-3-6(4-2-5)8(11)12/h2-5,10-11,13H,6-7H2,1H3;1-4H,(H,9,10). The van der Waals surface area contributed by atoms with Crippen LogP contribution in [-0.2, 0) is 14.2 Å². The van der Waals surface area contributed by atoms with Gasteiger partial charge in [0, 0.05) is 37.8 Å². The number of esters is 1. The number of aromatic carboxylic acids is 1. The van der Waals surface area contributed by atoms with Crippen LogP contribution in [0.15, 0.2) is 48.5 Å². The van der Waals surface area contributed by atoms with Crippen molar-refractivity contribution < 1.29 is 43.1 Å². The predicted octanol–water partition coefficient (Wildman–Crippen LogP) is 3.14. The zero-order valence-corrected chi connectivity index (χ0v) is 17.2. The van der Waals surface area contributed by atoms with E-state index >= 15 is 0 Å². The van der Waals surface area contributed by atoms with Crippen LogP contribution >= 0.6 is 0 Å². The van der Waals surface area contributed by atoms with Crippen LogP contribution in [0.5, 0.6) is 0 Å². The van der Waals surface area contributed by atoms with Gasteiger partial charge in [-0.25, -0.2) is 14.0 Å². The molecule has 1 aliphatic heterocycles. The monoisotopic (exact) mass is 466 g/mol. The van der Waals surface area contributed by atoms with E-state index in [9.17, 15) is 34.2 Å². The number of halogens is 1. The highest BCUT2D eigenvalue weighted by molar-refractivity contribution is 5.89. The lowest BCUT2D eigenvalue weighted by Gasteiger charge is -2.12. The Kier molecular flexibility index (Phi) is 8.89. The molecule has 1 saturated heterocycles. The van der Waals surface area contributed by atoms with Crippen LogP contribution < -0.4 is 0 Å². The summed E-state index contributed by atoms with van der Waals surface area (Å²) in [4.78, 5) is 41.6. The SMILES string of the molecule is COC1OC(COC(=O)c2ccc([N+](=O)[O-])cc2)CC1F.O=C(O)c1ccc([N+](=O)[O-])cc1. The van der Waals surface area contributed by atoms with Gasteiger partial charge in [-0.15, -0.1) is 0 Å². The number of benzene rings is 2. The quantitative estimate of drug-likeness (QED) is 0.363. The van der Waals surface area contributed by atoms with Crippen LogP contribution in [0.3, 0.4) is 0 Å². The number of hydrogen-bond donors (Lipinski definition) is 1. The molecule has 0 saturated carbocycles. The van der Waals surface area contributed by atoms with E-state index in [0.717, 1.165) is 12.1 Å². The highest BCUT2D eigenvalue weighted by Gasteiger charge is 2.36. The minimum absolute atomic E-state index is 0.0422. The Morgan fingerprint density at radius 1 is 1.03 bits per heavy atom. The summed E-state index contributed by atoms with van der Waals surface area (Å²) in [5.74, 6) is -1.74. The van der Waals surface area contributed by atoms with Gasteiger partial charge in [0.2, 0.25) is 0 Å². The summed E-state index contributed by atoms with van der Waals surface area (Å²) < 4.78 is 28.3. The maximum atomic E-state index is 13.4. The Balaban J connectivity index is 0.000000273. The topological polar surface area (TPSA) is 168 Å². The lowest BCUT2D eigenvalue weighted by molar-refractivity contribution is -0.385. The number of nitrogens with zero attached hydrogens (tertiary/aromatic N) is 2. The average Bonchev–Trinajstić information content (AvgIpc) is 3.17. The van der Waals surface area contributed by atoms with Crippen molar-refractivity contribution in [3.05, 3.63) is 79.9 Å². The molecular weight excluding hydrogens is 447 g/mol. The number of methoxy groups -OCH3 is 1. The third-order valence-corrected chi connectivity index (χ3v) is 4.38. The molecule has 1 aliphatic rings. The van der Waals surface area contributed by atoms with Gasteiger partial charge < -0.3 is 19.3 Å². The molecule has 2 aromatic rings. The molecule has 0 bridgehead atoms. The molecule has 33 heavy (non-hydrogen) atoms. The van der Waals surface area contributed by atoms with E-state index in [4.69, 9.17) is 19.3 Å². The van der Waals surface area contributed by atoms with Crippen molar-refractivity contribution in [3.8, 4) is 0 Å². The summed E-state index contributed by atoms with van der Waals surface area (Å²) in [6, 6.07) is 9.72. The molecule has 2 aromatic carbocycles. The van der Waals surface area contributed by atoms with Crippen LogP contribution in [0, 0.1) is 20.2 Å². The number of carboxylic acid groups (broad SMARTS) is 1. The van der Waals surface area contributed by atoms with Crippen molar-refractivity contribution in [2.75, 3.05) is 13.7 Å². The summed E-state index contributed by atoms with van der Waals surface area (Å²) >= 11 is 0. The maximum absolute atomic E-state index is 13.4. The Bertz CT molecular complexity index is 964. The molecule has 3 rings (SSSR count). The van der Waals surface area contributed by atoms with Gasteiger partial charge in [0.15, 0.2) is 12.5 Å². The fourth-order valence-corrected chi connectivity index (χ4v) is 2.70. The van der Waals surface area contributed by atoms with Crippen LogP contribution in [-0.4, -0.2) is 59.2 Å². The van der Waals surface area contributed by atoms with Crippen molar-refractivity contribution in [2.24, 2.45) is 0 Å². The number of rotatable bonds is 7. The van der Waals surface area contributed by atoms with Gasteiger partial charge in [0.25, 0.3) is 11.4 Å². The predicted molar refractivity (Wildman–Crippen MR) is 109 cm³/mol. The summed E-state index contributed by atoms with van der Waals surface area (Å²) in [5, 5.41) is 29.1. The van der Waals surface area contributed by atoms with Gasteiger partial charge in [-0.05, 0) is 24.3 Å². The fraction of sp³-hybridized carbons (Fsp3) is 0.300. The highest BCUT2D eigenvalue weighted by Crippen LogP contribution is 2.24. The zero-order valence-electron chi connectivity index (χ0n) is 17.2. The number of alkyl halides is 1. The lowest BCUT2D eigenvalue weighted by atomic mass is 10.2. The number of carbonyl (C=O) groups is 2. The molecule has 0 radical (unpaired) electrons. The second kappa shape index (κ2) is 11.6. The van der Waals surface area contributed by atoms with E-state index in [2.05, 4.69) is 0 Å². The van der Waals surface area contributed by atoms with E-state index in [1.807, 2.05) is 0 Å². The molecule has 0 spiro atoms. The van der Waals surface area contributed by atoms with Gasteiger partial charge in [0.05, 0.1) is 27.1 Å². The molecule has 176 valence electrons. The van der Waals surface area contributed by atoms with E-state index < -0.39 is 40.4 Å². The van der Waals surface area contributed by atoms with Crippen molar-refractivity contribution in [2.45, 2.75) is 25.0 Å². The van der Waals surface area contributed by atoms with Gasteiger partial charge in [0.1, 0.15) is 6.61 Å². The van der Waals surface area contributed by atoms with Gasteiger partial charge >= 0.3 is 11.9 Å². The van der Waals surface area contributed by atoms with E-state index in [-0.39, 0.29) is 35.5 Å². The summed E-state index contributed by atoms with van der Waals surface area (Å²) in [6.45, 7) is -0.101. The maximum Gasteiger partial charge on any atom is 0.338 e. The number of non-ortho nitro benzene ring substituents is 2. The molecule has 3 atom stereocenters. The molecule has 12 nitrogen and oxygen atoms in total. The first-order chi connectivity index (χ1) is 15.6. The lowest BCUT2D eigenvalue weighted by Crippen LogP contribution is -2.21. The Morgan fingerprint density at radius 2 is 1.52 bits per heavy atom. The van der Waals surface area contributed by atoms with Crippen LogP contribution in [0.25, 0.3) is 0 Å². The first-order valence-corrected chi connectivity index (χ1v) is 9.34. The van der Waals surface area contributed by atoms with Crippen molar-refractivity contribution in [1.82, 2.24) is 0 Å². The number of carbonyl (C=O) groups excluding carboxylic acids is 1. The van der Waals surface area contributed by atoms with Crippen molar-refractivity contribution in [3.63, 3.8) is 0 Å². The normalized spacial score (nSPS) is 19.2. The van der Waals surface area contributed by atoms with E-state index in [0.29, 0.717) is 0 Å². The average molecular weight is 466 g/mol. The van der Waals surface area contributed by atoms with Crippen LogP contribution in [0.4, 0.5) is 15.8 Å². The third kappa shape index (κ3) is 7.29. The van der Waals surface area contributed by atoms with Gasteiger partial charge in [-0.2, -0.15) is 0 Å². The van der Waals surface area contributed by atoms with Gasteiger partial charge in [-0.3, -0.25) is 20.2 Å². The first-order valence-electron chi connectivity index (χ1n) is 9.34. The number of ether oxygens (including phenoxy) is 3. The number of nitro groups is 2. The second-order valence-electron chi connectivity index (χ2n) is 6.63. The van der Waals surface area contributed by atoms with E-state index in [1.165, 1.54) is 43.5 Å². The molecule has 0 aliphatic carbocycles. The van der Waals surface area contributed by atoms with Crippen LogP contribution in [0.1, 0.15) is 27.1 Å². The minimum Gasteiger partial charge on any atom is -0.478 e. The van der Waals surface area contributed by atoms with Crippen molar-refractivity contribution in [1.29, 1.82) is 0 Å². The number of nitro benzene ring substituents is 2. The number of hydrogen-bond acceptors (Lipinski definition) is 9. The molecule has 1 heterocycles. The third-order valence-electron chi connectivity index (χ3n) is 4.38. The smallest absolute Gasteiger partial charge is 0.338 e. The van der Waals surface area contributed by atoms with Gasteiger partial charge in [-0.1, -0.05) is 0 Å². The molecule has 1 N–H and O–H groups in total. The highest BCUT2D eigenvalue weighted by atomic mass is 19.1. The van der Waals surface area contributed by atoms with E-state index in [1.54, 1.807) is 0 Å². The summed E-state index contributed by atoms with van der Waals surface area (Å²) in [6.07, 6.45) is -2.66. The largest absolute Gasteiger partial charge is 0.478 e. The molecule has 1 fully saturated rings. The Morgan fingerprint density at radius 3 is 1.91 bits per heavy atom. The number of carboxylic acids is 1. The van der Waals surface area contributed by atoms with Crippen LogP contribution in [0.2, 0.25) is 0 Å². The molecular formula is C20H19FN2O10. The summed E-state index contributed by atoms with van der Waals surface area (Å²) in [7, 11) is 1.34. The molecule has 3 unspecified atom stereocenters. The first kappa shape index (κ1) is 25.3. The van der Waals surface area contributed by atoms with Crippen molar-refractivity contribution >= 4 is 23.3 Å².